The maximum absolute atomic E-state index is 12.6. The van der Waals surface area contributed by atoms with Gasteiger partial charge in [-0.15, -0.1) is 0 Å². The first-order valence-corrected chi connectivity index (χ1v) is 12.1. The van der Waals surface area contributed by atoms with E-state index in [1.807, 2.05) is 12.1 Å². The molecule has 8 heteroatoms. The molecule has 1 aliphatic heterocycles. The van der Waals surface area contributed by atoms with E-state index in [9.17, 15) is 13.2 Å². The fourth-order valence-corrected chi connectivity index (χ4v) is 4.49. The Hall–Kier alpha value is -2.58. The van der Waals surface area contributed by atoms with Crippen molar-refractivity contribution >= 4 is 33.0 Å². The zero-order chi connectivity index (χ0) is 22.6. The number of nitrogens with zero attached hydrogens (tertiary/aromatic N) is 2. The van der Waals surface area contributed by atoms with Gasteiger partial charge in [0.25, 0.3) is 0 Å². The number of carbonyl (C=O) groups is 1. The van der Waals surface area contributed by atoms with Gasteiger partial charge in [-0.25, -0.2) is 12.7 Å². The number of rotatable bonds is 7. The van der Waals surface area contributed by atoms with Gasteiger partial charge in [0, 0.05) is 44.2 Å². The molecule has 31 heavy (non-hydrogen) atoms. The quantitative estimate of drug-likeness (QED) is 0.682. The van der Waals surface area contributed by atoms with Gasteiger partial charge in [-0.2, -0.15) is 0 Å². The number of sulfonamides is 1. The van der Waals surface area contributed by atoms with Crippen molar-refractivity contribution in [1.82, 2.24) is 4.31 Å². The molecular weight excluding hydrogens is 412 g/mol. The predicted molar refractivity (Wildman–Crippen MR) is 126 cm³/mol. The van der Waals surface area contributed by atoms with E-state index in [0.29, 0.717) is 5.69 Å². The van der Waals surface area contributed by atoms with E-state index < -0.39 is 16.1 Å². The monoisotopic (exact) mass is 444 g/mol. The molecule has 3 rings (SSSR count). The number of nitrogens with one attached hydrogen (secondary N) is 2. The molecule has 168 valence electrons. The van der Waals surface area contributed by atoms with Gasteiger partial charge in [-0.1, -0.05) is 13.0 Å². The van der Waals surface area contributed by atoms with Crippen LogP contribution in [-0.4, -0.2) is 51.9 Å². The van der Waals surface area contributed by atoms with E-state index in [2.05, 4.69) is 34.6 Å². The van der Waals surface area contributed by atoms with Crippen LogP contribution < -0.4 is 15.5 Å². The molecule has 1 saturated heterocycles. The summed E-state index contributed by atoms with van der Waals surface area (Å²) in [6.07, 6.45) is 2.43. The summed E-state index contributed by atoms with van der Waals surface area (Å²) in [5, 5.41) is 5.99. The second-order valence-electron chi connectivity index (χ2n) is 8.39. The molecule has 0 aliphatic carbocycles. The molecule has 2 aromatic rings. The zero-order valence-corrected chi connectivity index (χ0v) is 19.4. The minimum Gasteiger partial charge on any atom is -0.374 e. The minimum absolute atomic E-state index is 0.138. The van der Waals surface area contributed by atoms with Crippen LogP contribution in [-0.2, 0) is 14.8 Å². The van der Waals surface area contributed by atoms with Crippen molar-refractivity contribution in [2.75, 3.05) is 42.7 Å². The summed E-state index contributed by atoms with van der Waals surface area (Å²) < 4.78 is 25.7. The molecule has 0 saturated carbocycles. The maximum Gasteiger partial charge on any atom is 0.246 e. The molecule has 1 atom stereocenters. The van der Waals surface area contributed by atoms with E-state index in [1.165, 1.54) is 44.8 Å². The van der Waals surface area contributed by atoms with E-state index in [4.69, 9.17) is 0 Å². The first-order valence-electron chi connectivity index (χ1n) is 10.6. The normalized spacial score (nSPS) is 16.2. The molecule has 0 bridgehead atoms. The average molecular weight is 445 g/mol. The first kappa shape index (κ1) is 23.1. The fourth-order valence-electron chi connectivity index (χ4n) is 3.55. The summed E-state index contributed by atoms with van der Waals surface area (Å²) in [5.41, 5.74) is 2.51. The Bertz CT molecular complexity index is 998. The van der Waals surface area contributed by atoms with E-state index in [-0.39, 0.29) is 10.8 Å². The van der Waals surface area contributed by atoms with Crippen molar-refractivity contribution in [2.45, 2.75) is 37.6 Å². The SMILES string of the molecule is CC1CCN(c2ccc(N[C@H](C)C(=O)Nc3cccc(S(=O)(=O)N(C)C)c3)cc2)CC1. The largest absolute Gasteiger partial charge is 0.374 e. The highest BCUT2D eigenvalue weighted by atomic mass is 32.2. The van der Waals surface area contributed by atoms with Crippen LogP contribution in [0.2, 0.25) is 0 Å². The minimum atomic E-state index is -3.56. The third-order valence-electron chi connectivity index (χ3n) is 5.67. The summed E-state index contributed by atoms with van der Waals surface area (Å²) in [6.45, 7) is 6.23. The van der Waals surface area contributed by atoms with Crippen molar-refractivity contribution in [2.24, 2.45) is 5.92 Å². The van der Waals surface area contributed by atoms with E-state index >= 15 is 0 Å². The summed E-state index contributed by atoms with van der Waals surface area (Å²) >= 11 is 0. The molecule has 0 aromatic heterocycles. The van der Waals surface area contributed by atoms with Crippen LogP contribution in [0.1, 0.15) is 26.7 Å². The van der Waals surface area contributed by atoms with Gasteiger partial charge < -0.3 is 15.5 Å². The summed E-state index contributed by atoms with van der Waals surface area (Å²) in [4.78, 5) is 15.2. The number of hydrogen-bond donors (Lipinski definition) is 2. The summed E-state index contributed by atoms with van der Waals surface area (Å²) in [7, 11) is -0.606. The summed E-state index contributed by atoms with van der Waals surface area (Å²) in [5.74, 6) is 0.550. The lowest BCUT2D eigenvalue weighted by Gasteiger charge is -2.32. The Balaban J connectivity index is 1.60. The van der Waals surface area contributed by atoms with Crippen molar-refractivity contribution in [3.63, 3.8) is 0 Å². The van der Waals surface area contributed by atoms with E-state index in [1.54, 1.807) is 19.1 Å². The molecule has 7 nitrogen and oxygen atoms in total. The van der Waals surface area contributed by atoms with Gasteiger partial charge in [0.05, 0.1) is 4.90 Å². The second kappa shape index (κ2) is 9.70. The van der Waals surface area contributed by atoms with Crippen LogP contribution in [0.3, 0.4) is 0 Å². The van der Waals surface area contributed by atoms with Gasteiger partial charge in [0.1, 0.15) is 6.04 Å². The van der Waals surface area contributed by atoms with Gasteiger partial charge in [0.15, 0.2) is 0 Å². The molecule has 0 spiro atoms. The molecule has 0 radical (unpaired) electrons. The number of piperidine rings is 1. The van der Waals surface area contributed by atoms with Crippen LogP contribution in [0.5, 0.6) is 0 Å². The maximum atomic E-state index is 12.6. The Labute approximate surface area is 185 Å². The zero-order valence-electron chi connectivity index (χ0n) is 18.6. The lowest BCUT2D eigenvalue weighted by molar-refractivity contribution is -0.116. The molecule has 1 aliphatic rings. The Morgan fingerprint density at radius 2 is 1.71 bits per heavy atom. The molecule has 0 unspecified atom stereocenters. The number of carbonyl (C=O) groups excluding carboxylic acids is 1. The van der Waals surface area contributed by atoms with Crippen LogP contribution in [0.15, 0.2) is 53.4 Å². The third kappa shape index (κ3) is 5.77. The van der Waals surface area contributed by atoms with Crippen molar-refractivity contribution in [3.05, 3.63) is 48.5 Å². The first-order chi connectivity index (χ1) is 14.7. The number of hydrogen-bond acceptors (Lipinski definition) is 5. The molecule has 1 amide bonds. The smallest absolute Gasteiger partial charge is 0.246 e. The number of benzene rings is 2. The number of amides is 1. The van der Waals surface area contributed by atoms with Crippen LogP contribution in [0.25, 0.3) is 0 Å². The van der Waals surface area contributed by atoms with Crippen molar-refractivity contribution in [3.8, 4) is 0 Å². The average Bonchev–Trinajstić information content (AvgIpc) is 2.75. The second-order valence-corrected chi connectivity index (χ2v) is 10.5. The van der Waals surface area contributed by atoms with Gasteiger partial charge in [-0.3, -0.25) is 4.79 Å². The fraction of sp³-hybridized carbons (Fsp3) is 0.435. The standard InChI is InChI=1S/C23H32N4O3S/c1-17-12-14-27(15-13-17)21-10-8-19(9-11-21)24-18(2)23(28)25-20-6-5-7-22(16-20)31(29,30)26(3)4/h5-11,16-18,24H,12-15H2,1-4H3,(H,25,28)/t18-/m1/s1. The number of anilines is 3. The van der Waals surface area contributed by atoms with Gasteiger partial charge >= 0.3 is 0 Å². The van der Waals surface area contributed by atoms with Gasteiger partial charge in [-0.05, 0) is 68.1 Å². The van der Waals surface area contributed by atoms with Crippen molar-refractivity contribution in [1.29, 1.82) is 0 Å². The van der Waals surface area contributed by atoms with Crippen LogP contribution in [0, 0.1) is 5.92 Å². The lowest BCUT2D eigenvalue weighted by Crippen LogP contribution is -2.33. The highest BCUT2D eigenvalue weighted by Crippen LogP contribution is 2.24. The topological polar surface area (TPSA) is 81.8 Å². The Morgan fingerprint density at radius 3 is 2.32 bits per heavy atom. The predicted octanol–water partition coefficient (Wildman–Crippen LogP) is 3.61. The van der Waals surface area contributed by atoms with Crippen LogP contribution in [0.4, 0.5) is 17.1 Å². The highest BCUT2D eigenvalue weighted by Gasteiger charge is 2.19. The molecule has 1 fully saturated rings. The summed E-state index contributed by atoms with van der Waals surface area (Å²) in [6, 6.07) is 13.9. The van der Waals surface area contributed by atoms with Crippen molar-refractivity contribution < 1.29 is 13.2 Å². The molecule has 2 N–H and O–H groups in total. The Kier molecular flexibility index (Phi) is 7.23. The van der Waals surface area contributed by atoms with E-state index in [0.717, 1.165) is 29.0 Å². The molecule has 1 heterocycles. The highest BCUT2D eigenvalue weighted by molar-refractivity contribution is 7.89. The van der Waals surface area contributed by atoms with Crippen LogP contribution >= 0.6 is 0 Å². The lowest BCUT2D eigenvalue weighted by atomic mass is 9.99. The molecular formula is C23H32N4O3S. The van der Waals surface area contributed by atoms with Gasteiger partial charge in [0.2, 0.25) is 15.9 Å². The molecule has 2 aromatic carbocycles. The Morgan fingerprint density at radius 1 is 1.06 bits per heavy atom. The third-order valence-corrected chi connectivity index (χ3v) is 7.48.